The average Bonchev–Trinajstić information content (AvgIpc) is 3.61. The second-order valence-electron chi connectivity index (χ2n) is 13.4. The molecule has 2 aliphatic heterocycles. The molecular weight excluding hydrogens is 694 g/mol. The van der Waals surface area contributed by atoms with Gasteiger partial charge in [0.1, 0.15) is 42.3 Å². The Labute approximate surface area is 306 Å². The minimum atomic E-state index is -1.57. The number of aliphatic hydroxyl groups is 1. The van der Waals surface area contributed by atoms with E-state index in [1.165, 1.54) is 18.7 Å². The van der Waals surface area contributed by atoms with Crippen molar-refractivity contribution in [3.8, 4) is 0 Å². The number of aliphatic hydroxyl groups excluding tert-OH is 1. The van der Waals surface area contributed by atoms with Crippen LogP contribution in [0.25, 0.3) is 0 Å². The Morgan fingerprint density at radius 3 is 1.91 bits per heavy atom. The Hall–Kier alpha value is -5.59. The summed E-state index contributed by atoms with van der Waals surface area (Å²) in [4.78, 5) is 119. The number of carbonyl (C=O) groups excluding carboxylic acids is 9. The van der Waals surface area contributed by atoms with Gasteiger partial charge in [0.2, 0.25) is 53.2 Å². The highest BCUT2D eigenvalue weighted by Crippen LogP contribution is 2.18. The average molecular weight is 744 g/mol. The fourth-order valence-electron chi connectivity index (χ4n) is 5.79. The number of amides is 9. The smallest absolute Gasteiger partial charge is 0.245 e. The van der Waals surface area contributed by atoms with Crippen LogP contribution in [-0.2, 0) is 49.6 Å². The summed E-state index contributed by atoms with van der Waals surface area (Å²) in [7, 11) is 0. The molecule has 10 N–H and O–H groups in total. The first-order valence-corrected chi connectivity index (χ1v) is 17.3. The third kappa shape index (κ3) is 12.0. The molecule has 53 heavy (non-hydrogen) atoms. The minimum Gasteiger partial charge on any atom is -0.394 e. The van der Waals surface area contributed by atoms with Gasteiger partial charge in [0.25, 0.3) is 0 Å². The van der Waals surface area contributed by atoms with Crippen molar-refractivity contribution in [2.75, 3.05) is 19.7 Å². The van der Waals surface area contributed by atoms with E-state index in [2.05, 4.69) is 37.2 Å². The van der Waals surface area contributed by atoms with Crippen molar-refractivity contribution in [1.82, 2.24) is 42.1 Å². The minimum absolute atomic E-state index is 0.00205. The number of primary amides is 1. The molecule has 2 saturated heterocycles. The van der Waals surface area contributed by atoms with Crippen molar-refractivity contribution in [2.24, 2.45) is 11.7 Å². The third-order valence-electron chi connectivity index (χ3n) is 8.81. The van der Waals surface area contributed by atoms with Crippen LogP contribution in [-0.4, -0.2) is 125 Å². The molecule has 19 heteroatoms. The molecule has 0 aromatic heterocycles. The summed E-state index contributed by atoms with van der Waals surface area (Å²) in [6, 6.07) is -0.487. The van der Waals surface area contributed by atoms with E-state index in [-0.39, 0.29) is 19.4 Å². The van der Waals surface area contributed by atoms with Crippen LogP contribution in [0.3, 0.4) is 0 Å². The van der Waals surface area contributed by atoms with E-state index in [1.54, 1.807) is 44.2 Å². The number of nitrogens with two attached hydrogens (primary N) is 1. The number of benzene rings is 1. The van der Waals surface area contributed by atoms with Crippen molar-refractivity contribution in [1.29, 1.82) is 0 Å². The van der Waals surface area contributed by atoms with Gasteiger partial charge in [0.15, 0.2) is 0 Å². The number of hydrogen-bond donors (Lipinski definition) is 9. The van der Waals surface area contributed by atoms with E-state index in [1.807, 2.05) is 0 Å². The molecule has 290 valence electrons. The molecule has 7 unspecified atom stereocenters. The molecule has 1 aromatic carbocycles. The molecule has 0 spiro atoms. The summed E-state index contributed by atoms with van der Waals surface area (Å²) in [5.41, 5.74) is 6.00. The van der Waals surface area contributed by atoms with E-state index in [0.717, 1.165) is 0 Å². The molecule has 2 fully saturated rings. The summed E-state index contributed by atoms with van der Waals surface area (Å²) < 4.78 is 0. The van der Waals surface area contributed by atoms with Gasteiger partial charge < -0.3 is 53.0 Å². The lowest BCUT2D eigenvalue weighted by molar-refractivity contribution is -0.140. The monoisotopic (exact) mass is 743 g/mol. The van der Waals surface area contributed by atoms with Gasteiger partial charge in [-0.15, -0.1) is 0 Å². The van der Waals surface area contributed by atoms with E-state index in [4.69, 9.17) is 5.73 Å². The fourth-order valence-corrected chi connectivity index (χ4v) is 5.79. The Balaban J connectivity index is 1.95. The van der Waals surface area contributed by atoms with Crippen molar-refractivity contribution >= 4 is 53.2 Å². The zero-order valence-corrected chi connectivity index (χ0v) is 30.1. The topological polar surface area (TPSA) is 287 Å². The molecule has 19 nitrogen and oxygen atoms in total. The lowest BCUT2D eigenvalue weighted by Crippen LogP contribution is -2.61. The number of nitrogens with one attached hydrogen (secondary N) is 7. The molecule has 0 bridgehead atoms. The van der Waals surface area contributed by atoms with E-state index in [0.29, 0.717) is 12.0 Å². The van der Waals surface area contributed by atoms with Crippen molar-refractivity contribution in [3.05, 3.63) is 35.9 Å². The molecule has 9 amide bonds. The van der Waals surface area contributed by atoms with Crippen LogP contribution >= 0.6 is 0 Å². The first-order valence-electron chi connectivity index (χ1n) is 17.3. The number of fused-ring (bicyclic) bond motifs is 1. The predicted octanol–water partition coefficient (Wildman–Crippen LogP) is -4.18. The Bertz CT molecular complexity index is 1560. The summed E-state index contributed by atoms with van der Waals surface area (Å²) >= 11 is 0. The summed E-state index contributed by atoms with van der Waals surface area (Å²) in [6.07, 6.45) is 0.0317. The van der Waals surface area contributed by atoms with Crippen LogP contribution in [0, 0.1) is 5.92 Å². The molecule has 2 heterocycles. The number of nitrogens with zero attached hydrogens (tertiary/aromatic N) is 1. The van der Waals surface area contributed by atoms with Gasteiger partial charge in [0.05, 0.1) is 19.6 Å². The van der Waals surface area contributed by atoms with Gasteiger partial charge in [-0.3, -0.25) is 43.2 Å². The Kier molecular flexibility index (Phi) is 15.2. The van der Waals surface area contributed by atoms with Gasteiger partial charge in [-0.1, -0.05) is 44.2 Å². The van der Waals surface area contributed by atoms with E-state index >= 15 is 0 Å². The summed E-state index contributed by atoms with van der Waals surface area (Å²) in [5.74, 6) is -8.01. The molecule has 3 rings (SSSR count). The Morgan fingerprint density at radius 1 is 0.755 bits per heavy atom. The van der Waals surface area contributed by atoms with Crippen LogP contribution in [0.1, 0.15) is 52.5 Å². The number of hydrogen-bond acceptors (Lipinski definition) is 10. The van der Waals surface area contributed by atoms with Gasteiger partial charge in [-0.05, 0) is 38.2 Å². The number of carbonyl (C=O) groups is 9. The SMILES string of the molecule is CC1NC(=O)C(CC(N)=O)NC(=O)C(C)NC(=O)C(Cc2ccccc2)NC(=O)C2CCCN2C(=O)CNC(=O)C(CO)NC(=O)C(C(C)C)NC1=O. The fraction of sp³-hybridized carbons (Fsp3) is 0.559. The maximum absolute atomic E-state index is 13.6. The molecule has 2 aliphatic rings. The first-order chi connectivity index (χ1) is 25.0. The van der Waals surface area contributed by atoms with E-state index < -0.39 is 121 Å². The highest BCUT2D eigenvalue weighted by atomic mass is 16.3. The van der Waals surface area contributed by atoms with Crippen LogP contribution in [0.2, 0.25) is 0 Å². The Morgan fingerprint density at radius 2 is 1.32 bits per heavy atom. The molecule has 0 radical (unpaired) electrons. The van der Waals surface area contributed by atoms with Crippen LogP contribution in [0.15, 0.2) is 30.3 Å². The van der Waals surface area contributed by atoms with Crippen LogP contribution < -0.4 is 43.0 Å². The van der Waals surface area contributed by atoms with Crippen molar-refractivity contribution in [3.63, 3.8) is 0 Å². The maximum atomic E-state index is 13.6. The van der Waals surface area contributed by atoms with Crippen molar-refractivity contribution in [2.45, 2.75) is 95.7 Å². The quantitative estimate of drug-likeness (QED) is 0.136. The third-order valence-corrected chi connectivity index (χ3v) is 8.81. The highest BCUT2D eigenvalue weighted by Gasteiger charge is 2.37. The summed E-state index contributed by atoms with van der Waals surface area (Å²) in [5, 5.41) is 27.0. The largest absolute Gasteiger partial charge is 0.394 e. The van der Waals surface area contributed by atoms with Crippen LogP contribution in [0.4, 0.5) is 0 Å². The van der Waals surface area contributed by atoms with Gasteiger partial charge in [-0.25, -0.2) is 0 Å². The summed E-state index contributed by atoms with van der Waals surface area (Å²) in [6.45, 7) is 4.54. The van der Waals surface area contributed by atoms with E-state index in [9.17, 15) is 48.3 Å². The van der Waals surface area contributed by atoms with Gasteiger partial charge in [-0.2, -0.15) is 0 Å². The normalized spacial score (nSPS) is 27.6. The molecule has 7 atom stereocenters. The second kappa shape index (κ2) is 19.3. The zero-order valence-electron chi connectivity index (χ0n) is 30.1. The molecule has 1 aromatic rings. The lowest BCUT2D eigenvalue weighted by Gasteiger charge is -2.28. The van der Waals surface area contributed by atoms with Crippen molar-refractivity contribution < 1.29 is 48.3 Å². The standard InChI is InChI=1S/C34H49N9O10/c1-17(2)27-34(53)41-23(16-44)30(49)36-15-26(46)43-12-8-11-24(43)33(52)40-21(13-20-9-6-5-7-10-20)31(50)37-18(3)28(47)39-22(14-25(35)45)32(51)38-19(4)29(48)42-27/h5-7,9-10,17-19,21-24,27,44H,8,11-16H2,1-4H3,(H2,35,45)(H,36,49)(H,37,50)(H,38,51)(H,39,47)(H,40,52)(H,41,53)(H,42,48). The van der Waals surface area contributed by atoms with Crippen LogP contribution in [0.5, 0.6) is 0 Å². The zero-order chi connectivity index (χ0) is 39.4. The van der Waals surface area contributed by atoms with Gasteiger partial charge >= 0.3 is 0 Å². The lowest BCUT2D eigenvalue weighted by atomic mass is 10.0. The molecule has 0 aliphatic carbocycles. The molecular formula is C34H49N9O10. The second-order valence-corrected chi connectivity index (χ2v) is 13.4. The predicted molar refractivity (Wildman–Crippen MR) is 187 cm³/mol. The first kappa shape index (κ1) is 41.8. The number of rotatable bonds is 6. The maximum Gasteiger partial charge on any atom is 0.245 e. The highest BCUT2D eigenvalue weighted by molar-refractivity contribution is 5.99. The van der Waals surface area contributed by atoms with Gasteiger partial charge in [0, 0.05) is 13.0 Å². The molecule has 0 saturated carbocycles.